The van der Waals surface area contributed by atoms with Crippen molar-refractivity contribution in [3.63, 3.8) is 0 Å². The number of halogens is 1. The van der Waals surface area contributed by atoms with Crippen molar-refractivity contribution in [1.82, 2.24) is 10.4 Å². The van der Waals surface area contributed by atoms with E-state index < -0.39 is 0 Å². The van der Waals surface area contributed by atoms with Crippen molar-refractivity contribution in [2.45, 2.75) is 45.1 Å². The van der Waals surface area contributed by atoms with Crippen LogP contribution in [0.5, 0.6) is 11.5 Å². The molecule has 198 valence electrons. The van der Waals surface area contributed by atoms with Gasteiger partial charge in [-0.2, -0.15) is 5.01 Å². The molecule has 2 amide bonds. The summed E-state index contributed by atoms with van der Waals surface area (Å²) in [5.41, 5.74) is 4.22. The zero-order chi connectivity index (χ0) is 26.4. The van der Waals surface area contributed by atoms with E-state index in [1.54, 1.807) is 25.3 Å². The zero-order valence-corrected chi connectivity index (χ0v) is 23.5. The Balaban J connectivity index is 1.17. The van der Waals surface area contributed by atoms with E-state index in [1.807, 2.05) is 30.3 Å². The average Bonchev–Trinajstić information content (AvgIpc) is 3.14. The summed E-state index contributed by atoms with van der Waals surface area (Å²) in [5.74, 6) is 2.42. The van der Waals surface area contributed by atoms with Crippen molar-refractivity contribution in [2.24, 2.45) is 23.2 Å². The molecule has 9 heteroatoms. The Morgan fingerprint density at radius 1 is 1.16 bits per heavy atom. The number of nitrogens with zero attached hydrogens (tertiary/aromatic N) is 1. The van der Waals surface area contributed by atoms with Gasteiger partial charge < -0.3 is 9.47 Å². The number of nitrogens with one attached hydrogen (secondary N) is 1. The molecule has 1 aliphatic heterocycles. The number of methoxy groups -OCH3 is 1. The van der Waals surface area contributed by atoms with Gasteiger partial charge in [-0.1, -0.05) is 53.7 Å². The van der Waals surface area contributed by atoms with Gasteiger partial charge in [0.2, 0.25) is 5.91 Å². The molecule has 0 spiro atoms. The molecule has 4 saturated carbocycles. The molecule has 0 atom stereocenters. The van der Waals surface area contributed by atoms with Gasteiger partial charge in [0.1, 0.15) is 6.61 Å². The Labute approximate surface area is 237 Å². The van der Waals surface area contributed by atoms with Crippen LogP contribution in [0.2, 0.25) is 5.02 Å². The molecule has 0 radical (unpaired) electrons. The summed E-state index contributed by atoms with van der Waals surface area (Å²) in [6, 6.07) is 13.3. The summed E-state index contributed by atoms with van der Waals surface area (Å²) < 4.78 is 11.8. The molecule has 1 N–H and O–H groups in total. The number of thiocarbonyl (C=S) groups is 1. The van der Waals surface area contributed by atoms with Crippen LogP contribution < -0.4 is 14.9 Å². The molecule has 2 aromatic rings. The van der Waals surface area contributed by atoms with Crippen molar-refractivity contribution in [1.29, 1.82) is 0 Å². The van der Waals surface area contributed by atoms with E-state index in [0.29, 0.717) is 55.7 Å². The van der Waals surface area contributed by atoms with Gasteiger partial charge in [-0.3, -0.25) is 15.0 Å². The summed E-state index contributed by atoms with van der Waals surface area (Å²) in [5, 5.41) is 1.61. The number of carbonyl (C=O) groups is 2. The smallest absolute Gasteiger partial charge is 0.285 e. The van der Waals surface area contributed by atoms with E-state index >= 15 is 0 Å². The first-order valence-corrected chi connectivity index (χ1v) is 14.6. The first-order valence-electron chi connectivity index (χ1n) is 13.0. The zero-order valence-electron chi connectivity index (χ0n) is 21.1. The molecule has 1 heterocycles. The SMILES string of the molecule is COc1cc(/C=C2\SC(=S)N(NC(=O)C34CC5CC(CC(C5)C3)C4)C2=O)cc(Cl)c1OCc1ccccc1. The Kier molecular flexibility index (Phi) is 6.91. The second kappa shape index (κ2) is 10.2. The van der Waals surface area contributed by atoms with Crippen LogP contribution in [0.1, 0.15) is 49.7 Å². The lowest BCUT2D eigenvalue weighted by atomic mass is 9.49. The van der Waals surface area contributed by atoms with E-state index in [2.05, 4.69) is 5.43 Å². The number of thioether (sulfide) groups is 1. The molecule has 38 heavy (non-hydrogen) atoms. The number of amides is 2. The monoisotopic (exact) mass is 568 g/mol. The maximum atomic E-state index is 13.5. The molecule has 7 rings (SSSR count). The number of hydrazine groups is 1. The highest BCUT2D eigenvalue weighted by molar-refractivity contribution is 8.26. The molecule has 5 aliphatic rings. The Hall–Kier alpha value is -2.55. The van der Waals surface area contributed by atoms with E-state index in [1.165, 1.54) is 36.0 Å². The molecule has 5 fully saturated rings. The van der Waals surface area contributed by atoms with Crippen molar-refractivity contribution in [3.05, 3.63) is 63.5 Å². The van der Waals surface area contributed by atoms with Crippen LogP contribution in [0.3, 0.4) is 0 Å². The second-order valence-electron chi connectivity index (χ2n) is 11.0. The van der Waals surface area contributed by atoms with Crippen molar-refractivity contribution in [2.75, 3.05) is 7.11 Å². The Bertz CT molecular complexity index is 1290. The fraction of sp³-hybridized carbons (Fsp3) is 0.414. The lowest BCUT2D eigenvalue weighted by molar-refractivity contribution is -0.152. The molecular formula is C29H29ClN2O4S2. The summed E-state index contributed by atoms with van der Waals surface area (Å²) in [7, 11) is 1.55. The highest BCUT2D eigenvalue weighted by Gasteiger charge is 2.55. The number of benzene rings is 2. The molecular weight excluding hydrogens is 540 g/mol. The maximum Gasteiger partial charge on any atom is 0.285 e. The summed E-state index contributed by atoms with van der Waals surface area (Å²) in [6.45, 7) is 0.346. The van der Waals surface area contributed by atoms with E-state index in [0.717, 1.165) is 24.8 Å². The third kappa shape index (κ3) is 4.82. The number of carbonyl (C=O) groups excluding carboxylic acids is 2. The third-order valence-corrected chi connectivity index (χ3v) is 9.89. The molecule has 1 saturated heterocycles. The van der Waals surface area contributed by atoms with E-state index in [9.17, 15) is 9.59 Å². The van der Waals surface area contributed by atoms with Crippen LogP contribution in [0.25, 0.3) is 6.08 Å². The van der Waals surface area contributed by atoms with Gasteiger partial charge in [-0.15, -0.1) is 0 Å². The van der Waals surface area contributed by atoms with Gasteiger partial charge in [-0.05, 0) is 97.8 Å². The maximum absolute atomic E-state index is 13.5. The van der Waals surface area contributed by atoms with Gasteiger partial charge in [0.05, 0.1) is 22.5 Å². The van der Waals surface area contributed by atoms with Crippen LogP contribution in [0, 0.1) is 23.2 Å². The number of ether oxygens (including phenoxy) is 2. The normalized spacial score (nSPS) is 28.7. The topological polar surface area (TPSA) is 67.9 Å². The van der Waals surface area contributed by atoms with Crippen LogP contribution in [0.15, 0.2) is 47.4 Å². The van der Waals surface area contributed by atoms with E-state index in [-0.39, 0.29) is 17.2 Å². The minimum Gasteiger partial charge on any atom is -0.493 e. The molecule has 0 unspecified atom stereocenters. The molecule has 0 aromatic heterocycles. The van der Waals surface area contributed by atoms with Crippen molar-refractivity contribution in [3.8, 4) is 11.5 Å². The summed E-state index contributed by atoms with van der Waals surface area (Å²) in [4.78, 5) is 27.2. The first kappa shape index (κ1) is 25.7. The average molecular weight is 569 g/mol. The highest BCUT2D eigenvalue weighted by atomic mass is 35.5. The Morgan fingerprint density at radius 2 is 1.82 bits per heavy atom. The first-order chi connectivity index (χ1) is 18.3. The molecule has 2 aromatic carbocycles. The minimum absolute atomic E-state index is 0.0567. The highest BCUT2D eigenvalue weighted by Crippen LogP contribution is 2.60. The van der Waals surface area contributed by atoms with E-state index in [4.69, 9.17) is 33.3 Å². The molecule has 4 bridgehead atoms. The summed E-state index contributed by atoms with van der Waals surface area (Å²) in [6.07, 6.45) is 8.23. The quantitative estimate of drug-likeness (QED) is 0.309. The van der Waals surface area contributed by atoms with Crippen molar-refractivity contribution >= 4 is 57.8 Å². The molecule has 6 nitrogen and oxygen atoms in total. The van der Waals surface area contributed by atoms with Crippen LogP contribution >= 0.6 is 35.6 Å². The van der Waals surface area contributed by atoms with Crippen molar-refractivity contribution < 1.29 is 19.1 Å². The second-order valence-corrected chi connectivity index (χ2v) is 13.0. The van der Waals surface area contributed by atoms with Gasteiger partial charge in [0, 0.05) is 0 Å². The van der Waals surface area contributed by atoms with Crippen LogP contribution in [0.4, 0.5) is 0 Å². The largest absolute Gasteiger partial charge is 0.493 e. The van der Waals surface area contributed by atoms with Gasteiger partial charge in [0.25, 0.3) is 5.91 Å². The lowest BCUT2D eigenvalue weighted by Gasteiger charge is -2.55. The standard InChI is InChI=1S/C29H29ClN2O4S2/c1-35-23-11-18(10-22(30)25(23)36-16-17-5-3-2-4-6-17)12-24-26(33)32(28(37)38-24)31-27(34)29-13-19-7-20(14-29)9-21(8-19)15-29/h2-6,10-12,19-21H,7-9,13-16H2,1H3,(H,31,34)/b24-12-. The van der Waals surface area contributed by atoms with Gasteiger partial charge in [0.15, 0.2) is 15.8 Å². The summed E-state index contributed by atoms with van der Waals surface area (Å²) >= 11 is 13.2. The Morgan fingerprint density at radius 3 is 2.45 bits per heavy atom. The number of hydrogen-bond donors (Lipinski definition) is 1. The van der Waals surface area contributed by atoms with Crippen LogP contribution in [-0.2, 0) is 16.2 Å². The lowest BCUT2D eigenvalue weighted by Crippen LogP contribution is -2.57. The third-order valence-electron chi connectivity index (χ3n) is 8.30. The number of rotatable bonds is 7. The van der Waals surface area contributed by atoms with Gasteiger partial charge in [-0.25, -0.2) is 0 Å². The van der Waals surface area contributed by atoms with Gasteiger partial charge >= 0.3 is 0 Å². The number of hydrogen-bond acceptors (Lipinski definition) is 6. The predicted molar refractivity (Wildman–Crippen MR) is 153 cm³/mol. The predicted octanol–water partition coefficient (Wildman–Crippen LogP) is 6.38. The minimum atomic E-state index is -0.363. The molecule has 4 aliphatic carbocycles. The fourth-order valence-electron chi connectivity index (χ4n) is 7.02. The fourth-order valence-corrected chi connectivity index (χ4v) is 8.47. The van der Waals surface area contributed by atoms with Crippen LogP contribution in [-0.4, -0.2) is 28.3 Å².